The zero-order valence-electron chi connectivity index (χ0n) is 11.1. The van der Waals surface area contributed by atoms with Crippen LogP contribution in [0.25, 0.3) is 5.65 Å². The fraction of sp³-hybridized carbons (Fsp3) is 0.571. The van der Waals surface area contributed by atoms with Crippen molar-refractivity contribution in [3.8, 4) is 0 Å². The lowest BCUT2D eigenvalue weighted by Gasteiger charge is -2.39. The Kier molecular flexibility index (Phi) is 3.35. The molecular weight excluding hydrogens is 260 g/mol. The minimum Gasteiger partial charge on any atom is -0.363 e. The second kappa shape index (κ2) is 5.00. The third-order valence-corrected chi connectivity index (χ3v) is 4.65. The van der Waals surface area contributed by atoms with Crippen LogP contribution in [0.2, 0.25) is 0 Å². The molecule has 1 fully saturated rings. The zero-order chi connectivity index (χ0) is 13.3. The van der Waals surface area contributed by atoms with E-state index < -0.39 is 0 Å². The molecule has 19 heavy (non-hydrogen) atoms. The van der Waals surface area contributed by atoms with Crippen LogP contribution in [0, 0.1) is 5.92 Å². The first-order valence-electron chi connectivity index (χ1n) is 6.85. The Balaban J connectivity index is 1.81. The molecule has 0 bridgehead atoms. The van der Waals surface area contributed by atoms with E-state index in [0.29, 0.717) is 5.88 Å². The Morgan fingerprint density at radius 1 is 1.42 bits per heavy atom. The highest BCUT2D eigenvalue weighted by Gasteiger charge is 2.33. The van der Waals surface area contributed by atoms with Crippen molar-refractivity contribution < 1.29 is 0 Å². The Morgan fingerprint density at radius 3 is 2.95 bits per heavy atom. The van der Waals surface area contributed by atoms with E-state index in [9.17, 15) is 0 Å². The molecule has 0 aromatic carbocycles. The number of alkyl halides is 1. The second-order valence-corrected chi connectivity index (χ2v) is 5.94. The molecule has 102 valence electrons. The lowest BCUT2D eigenvalue weighted by Crippen LogP contribution is -2.43. The summed E-state index contributed by atoms with van der Waals surface area (Å²) in [7, 11) is 0. The number of hydrogen-bond acceptors (Lipinski definition) is 3. The van der Waals surface area contributed by atoms with E-state index in [1.54, 1.807) is 10.7 Å². The molecule has 1 N–H and O–H groups in total. The van der Waals surface area contributed by atoms with E-state index in [4.69, 9.17) is 11.6 Å². The van der Waals surface area contributed by atoms with Gasteiger partial charge in [-0.1, -0.05) is 6.92 Å². The quantitative estimate of drug-likeness (QED) is 0.876. The van der Waals surface area contributed by atoms with Gasteiger partial charge in [0.05, 0.1) is 11.7 Å². The highest BCUT2D eigenvalue weighted by molar-refractivity contribution is 6.18. The summed E-state index contributed by atoms with van der Waals surface area (Å²) in [6.07, 6.45) is 8.38. The van der Waals surface area contributed by atoms with E-state index in [0.717, 1.165) is 30.2 Å². The topological polar surface area (TPSA) is 42.2 Å². The molecule has 5 heteroatoms. The summed E-state index contributed by atoms with van der Waals surface area (Å²) in [5.41, 5.74) is 0.860. The molecule has 0 spiro atoms. The van der Waals surface area contributed by atoms with Gasteiger partial charge < -0.3 is 5.32 Å². The molecular formula is C14H19ClN4. The highest BCUT2D eigenvalue weighted by atomic mass is 35.5. The largest absolute Gasteiger partial charge is 0.363 e. The number of hydrogen-bond donors (Lipinski definition) is 1. The number of fused-ring (bicyclic) bond motifs is 1. The van der Waals surface area contributed by atoms with E-state index in [-0.39, 0.29) is 5.54 Å². The maximum Gasteiger partial charge on any atom is 0.157 e. The number of nitrogens with one attached hydrogen (secondary N) is 1. The molecule has 0 atom stereocenters. The molecule has 0 unspecified atom stereocenters. The number of aromatic nitrogens is 3. The van der Waals surface area contributed by atoms with E-state index in [1.165, 1.54) is 12.8 Å². The van der Waals surface area contributed by atoms with Crippen LogP contribution in [-0.2, 0) is 0 Å². The number of anilines is 1. The molecule has 1 aliphatic carbocycles. The predicted octanol–water partition coefficient (Wildman–Crippen LogP) is 3.33. The van der Waals surface area contributed by atoms with E-state index in [1.807, 2.05) is 18.3 Å². The standard InChI is InChI=1S/C14H19ClN4/c1-11-2-6-14(10-15,7-3-11)18-12-5-9-19-13(17-12)4-8-16-19/h4-5,8-9,11H,2-3,6-7,10H2,1H3,(H,17,18). The summed E-state index contributed by atoms with van der Waals surface area (Å²) in [4.78, 5) is 4.57. The second-order valence-electron chi connectivity index (χ2n) is 5.67. The Labute approximate surface area is 118 Å². The van der Waals surface area contributed by atoms with Gasteiger partial charge in [0.15, 0.2) is 5.65 Å². The molecule has 0 amide bonds. The maximum absolute atomic E-state index is 6.22. The van der Waals surface area contributed by atoms with Crippen molar-refractivity contribution in [1.29, 1.82) is 0 Å². The first kappa shape index (κ1) is 12.7. The smallest absolute Gasteiger partial charge is 0.157 e. The summed E-state index contributed by atoms with van der Waals surface area (Å²) in [5.74, 6) is 2.33. The minimum atomic E-state index is -0.000565. The summed E-state index contributed by atoms with van der Waals surface area (Å²) < 4.78 is 1.77. The molecule has 0 saturated heterocycles. The molecule has 1 aliphatic rings. The molecule has 2 aromatic heterocycles. The fourth-order valence-electron chi connectivity index (χ4n) is 2.76. The first-order valence-corrected chi connectivity index (χ1v) is 7.39. The third-order valence-electron chi connectivity index (χ3n) is 4.14. The number of rotatable bonds is 3. The van der Waals surface area contributed by atoms with E-state index >= 15 is 0 Å². The van der Waals surface area contributed by atoms with Crippen LogP contribution in [-0.4, -0.2) is 26.0 Å². The molecule has 0 radical (unpaired) electrons. The maximum atomic E-state index is 6.22. The van der Waals surface area contributed by atoms with Gasteiger partial charge in [-0.3, -0.25) is 0 Å². The van der Waals surface area contributed by atoms with Gasteiger partial charge in [-0.2, -0.15) is 5.10 Å². The van der Waals surface area contributed by atoms with Crippen molar-refractivity contribution >= 4 is 23.1 Å². The Hall–Kier alpha value is -1.29. The lowest BCUT2D eigenvalue weighted by molar-refractivity contribution is 0.286. The third kappa shape index (κ3) is 2.54. The zero-order valence-corrected chi connectivity index (χ0v) is 11.9. The molecule has 0 aliphatic heterocycles. The van der Waals surface area contributed by atoms with Crippen LogP contribution >= 0.6 is 11.6 Å². The van der Waals surface area contributed by atoms with E-state index in [2.05, 4.69) is 22.3 Å². The predicted molar refractivity (Wildman–Crippen MR) is 77.7 cm³/mol. The monoisotopic (exact) mass is 278 g/mol. The number of halogens is 1. The van der Waals surface area contributed by atoms with Crippen LogP contribution in [0.1, 0.15) is 32.6 Å². The highest BCUT2D eigenvalue weighted by Crippen LogP contribution is 2.35. The normalized spacial score (nSPS) is 27.6. The summed E-state index contributed by atoms with van der Waals surface area (Å²) >= 11 is 6.22. The van der Waals surface area contributed by atoms with Gasteiger partial charge in [-0.05, 0) is 37.7 Å². The minimum absolute atomic E-state index is 0.000565. The first-order chi connectivity index (χ1) is 9.21. The SMILES string of the molecule is CC1CCC(CCl)(Nc2ccn3nccc3n2)CC1. The number of nitrogens with zero attached hydrogens (tertiary/aromatic N) is 3. The van der Waals surface area contributed by atoms with Crippen LogP contribution < -0.4 is 5.32 Å². The molecule has 3 rings (SSSR count). The van der Waals surface area contributed by atoms with Gasteiger partial charge >= 0.3 is 0 Å². The molecule has 2 aromatic rings. The molecule has 2 heterocycles. The van der Waals surface area contributed by atoms with Crippen LogP contribution in [0.5, 0.6) is 0 Å². The average Bonchev–Trinajstić information content (AvgIpc) is 2.89. The Bertz CT molecular complexity index is 557. The lowest BCUT2D eigenvalue weighted by atomic mass is 9.78. The fourth-order valence-corrected chi connectivity index (χ4v) is 3.09. The molecule has 1 saturated carbocycles. The van der Waals surface area contributed by atoms with Crippen LogP contribution in [0.4, 0.5) is 5.82 Å². The summed E-state index contributed by atoms with van der Waals surface area (Å²) in [6.45, 7) is 2.31. The van der Waals surface area contributed by atoms with Gasteiger partial charge in [-0.15, -0.1) is 11.6 Å². The van der Waals surface area contributed by atoms with Gasteiger partial charge in [0.1, 0.15) is 5.82 Å². The van der Waals surface area contributed by atoms with Gasteiger partial charge in [0.2, 0.25) is 0 Å². The van der Waals surface area contributed by atoms with Crippen molar-refractivity contribution in [3.63, 3.8) is 0 Å². The van der Waals surface area contributed by atoms with Crippen LogP contribution in [0.3, 0.4) is 0 Å². The Morgan fingerprint density at radius 2 is 2.21 bits per heavy atom. The summed E-state index contributed by atoms with van der Waals surface area (Å²) in [5, 5.41) is 7.72. The molecule has 4 nitrogen and oxygen atoms in total. The van der Waals surface area contributed by atoms with Gasteiger partial charge in [0.25, 0.3) is 0 Å². The van der Waals surface area contributed by atoms with Crippen molar-refractivity contribution in [1.82, 2.24) is 14.6 Å². The van der Waals surface area contributed by atoms with Gasteiger partial charge in [0, 0.05) is 18.1 Å². The van der Waals surface area contributed by atoms with Crippen molar-refractivity contribution in [2.45, 2.75) is 38.1 Å². The average molecular weight is 279 g/mol. The van der Waals surface area contributed by atoms with Gasteiger partial charge in [-0.25, -0.2) is 9.50 Å². The van der Waals surface area contributed by atoms with Crippen LogP contribution in [0.15, 0.2) is 24.5 Å². The van der Waals surface area contributed by atoms with Crippen molar-refractivity contribution in [3.05, 3.63) is 24.5 Å². The summed E-state index contributed by atoms with van der Waals surface area (Å²) in [6, 6.07) is 3.87. The van der Waals surface area contributed by atoms with Crippen molar-refractivity contribution in [2.24, 2.45) is 5.92 Å². The van der Waals surface area contributed by atoms with Crippen molar-refractivity contribution in [2.75, 3.05) is 11.2 Å².